The minimum Gasteiger partial charge on any atom is -0.379 e. The molecule has 0 spiro atoms. The topological polar surface area (TPSA) is 70.4 Å². The Bertz CT molecular complexity index is 784. The predicted molar refractivity (Wildman–Crippen MR) is 110 cm³/mol. The Morgan fingerprint density at radius 3 is 2.68 bits per heavy atom. The van der Waals surface area contributed by atoms with Crippen LogP contribution in [-0.4, -0.2) is 50.9 Å². The van der Waals surface area contributed by atoms with Gasteiger partial charge in [-0.05, 0) is 42.4 Å². The van der Waals surface area contributed by atoms with Gasteiger partial charge in [-0.15, -0.1) is 0 Å². The van der Waals surface area contributed by atoms with Crippen molar-refractivity contribution in [2.75, 3.05) is 19.6 Å². The van der Waals surface area contributed by atoms with E-state index in [0.29, 0.717) is 38.5 Å². The molecule has 28 heavy (non-hydrogen) atoms. The predicted octanol–water partition coefficient (Wildman–Crippen LogP) is 2.46. The van der Waals surface area contributed by atoms with E-state index in [1.807, 2.05) is 24.0 Å². The molecule has 152 valence electrons. The number of rotatable bonds is 8. The first kappa shape index (κ1) is 20.6. The molecule has 2 aromatic rings. The van der Waals surface area contributed by atoms with E-state index in [-0.39, 0.29) is 12.5 Å². The zero-order chi connectivity index (χ0) is 20.1. The molecule has 1 atom stereocenters. The fourth-order valence-corrected chi connectivity index (χ4v) is 3.69. The third kappa shape index (κ3) is 5.00. The van der Waals surface area contributed by atoms with Crippen molar-refractivity contribution >= 4 is 5.91 Å². The quantitative estimate of drug-likeness (QED) is 0.686. The lowest BCUT2D eigenvalue weighted by molar-refractivity contribution is -0.157. The first-order valence-electron chi connectivity index (χ1n) is 10.2. The molecule has 1 aromatic heterocycles. The molecule has 1 aliphatic rings. The van der Waals surface area contributed by atoms with Crippen molar-refractivity contribution in [3.05, 3.63) is 53.3 Å². The summed E-state index contributed by atoms with van der Waals surface area (Å²) < 4.78 is 1.86. The number of carbonyl (C=O) groups excluding carboxylic acids is 1. The summed E-state index contributed by atoms with van der Waals surface area (Å²) >= 11 is 0. The molecule has 0 unspecified atom stereocenters. The number of amides is 1. The van der Waals surface area contributed by atoms with Crippen molar-refractivity contribution in [1.29, 1.82) is 0 Å². The number of piperidine rings is 1. The number of hydrogen-bond acceptors (Lipinski definition) is 4. The summed E-state index contributed by atoms with van der Waals surface area (Å²) in [5, 5.41) is 18.4. The molecule has 0 aliphatic carbocycles. The van der Waals surface area contributed by atoms with Crippen molar-refractivity contribution in [2.24, 2.45) is 0 Å². The van der Waals surface area contributed by atoms with Crippen molar-refractivity contribution in [3.8, 4) is 0 Å². The van der Waals surface area contributed by atoms with Crippen LogP contribution in [0.2, 0.25) is 0 Å². The molecule has 1 aliphatic heterocycles. The summed E-state index contributed by atoms with van der Waals surface area (Å²) in [6, 6.07) is 8.42. The average molecular weight is 385 g/mol. The van der Waals surface area contributed by atoms with Gasteiger partial charge in [0.25, 0.3) is 5.91 Å². The third-order valence-corrected chi connectivity index (χ3v) is 5.42. The monoisotopic (exact) mass is 384 g/mol. The highest BCUT2D eigenvalue weighted by Crippen LogP contribution is 2.24. The van der Waals surface area contributed by atoms with E-state index < -0.39 is 5.60 Å². The van der Waals surface area contributed by atoms with E-state index in [1.54, 1.807) is 4.90 Å². The van der Waals surface area contributed by atoms with Crippen molar-refractivity contribution < 1.29 is 9.90 Å². The summed E-state index contributed by atoms with van der Waals surface area (Å²) in [5.41, 5.74) is 2.19. The highest BCUT2D eigenvalue weighted by molar-refractivity contribution is 5.86. The highest BCUT2D eigenvalue weighted by Gasteiger charge is 2.41. The summed E-state index contributed by atoms with van der Waals surface area (Å²) in [4.78, 5) is 14.7. The van der Waals surface area contributed by atoms with Gasteiger partial charge in [-0.3, -0.25) is 9.48 Å². The van der Waals surface area contributed by atoms with Crippen LogP contribution in [0.4, 0.5) is 0 Å². The van der Waals surface area contributed by atoms with Gasteiger partial charge in [-0.1, -0.05) is 38.1 Å². The standard InChI is InChI=1S/C22H32N4O2/c1-17(2)20-7-5-19(6-8-20)15-25-11-4-9-22(28,21(25)27)16-23-10-12-26-14-18(3)13-24-26/h5-8,13-14,17,23,28H,4,9-12,15-16H2,1-3H3/t22-/m1/s1. The van der Waals surface area contributed by atoms with E-state index in [0.717, 1.165) is 17.5 Å². The second-order valence-electron chi connectivity index (χ2n) is 8.22. The number of benzene rings is 1. The molecule has 1 amide bonds. The van der Waals surface area contributed by atoms with Gasteiger partial charge in [0.2, 0.25) is 0 Å². The van der Waals surface area contributed by atoms with Gasteiger partial charge in [0.1, 0.15) is 0 Å². The Labute approximate surface area is 167 Å². The fraction of sp³-hybridized carbons (Fsp3) is 0.545. The minimum absolute atomic E-state index is 0.172. The first-order valence-corrected chi connectivity index (χ1v) is 10.2. The van der Waals surface area contributed by atoms with Gasteiger partial charge >= 0.3 is 0 Å². The zero-order valence-corrected chi connectivity index (χ0v) is 17.2. The second kappa shape index (κ2) is 8.88. The van der Waals surface area contributed by atoms with Crippen LogP contribution < -0.4 is 5.32 Å². The van der Waals surface area contributed by atoms with Crippen molar-refractivity contribution in [3.63, 3.8) is 0 Å². The Kier molecular flexibility index (Phi) is 6.52. The van der Waals surface area contributed by atoms with Gasteiger partial charge < -0.3 is 15.3 Å². The molecule has 1 fully saturated rings. The van der Waals surface area contributed by atoms with E-state index >= 15 is 0 Å². The molecule has 6 heteroatoms. The molecule has 2 N–H and O–H groups in total. The van der Waals surface area contributed by atoms with Crippen LogP contribution in [0.25, 0.3) is 0 Å². The van der Waals surface area contributed by atoms with Crippen LogP contribution in [0.1, 0.15) is 49.3 Å². The molecular weight excluding hydrogens is 352 g/mol. The van der Waals surface area contributed by atoms with E-state index in [2.05, 4.69) is 48.5 Å². The number of likely N-dealkylation sites (tertiary alicyclic amines) is 1. The molecule has 1 saturated heterocycles. The molecule has 0 bridgehead atoms. The molecule has 6 nitrogen and oxygen atoms in total. The van der Waals surface area contributed by atoms with Crippen molar-refractivity contribution in [1.82, 2.24) is 20.0 Å². The largest absolute Gasteiger partial charge is 0.379 e. The second-order valence-corrected chi connectivity index (χ2v) is 8.22. The number of carbonyl (C=O) groups is 1. The number of aliphatic hydroxyl groups is 1. The Morgan fingerprint density at radius 2 is 2.04 bits per heavy atom. The highest BCUT2D eigenvalue weighted by atomic mass is 16.3. The van der Waals surface area contributed by atoms with Gasteiger partial charge in [0.15, 0.2) is 5.60 Å². The van der Waals surface area contributed by atoms with E-state index in [4.69, 9.17) is 0 Å². The number of nitrogens with zero attached hydrogens (tertiary/aromatic N) is 3. The fourth-order valence-electron chi connectivity index (χ4n) is 3.69. The first-order chi connectivity index (χ1) is 13.4. The summed E-state index contributed by atoms with van der Waals surface area (Å²) in [7, 11) is 0. The van der Waals surface area contributed by atoms with E-state index in [1.165, 1.54) is 5.56 Å². The van der Waals surface area contributed by atoms with Crippen LogP contribution in [0.5, 0.6) is 0 Å². The Hall–Kier alpha value is -2.18. The van der Waals surface area contributed by atoms with Crippen LogP contribution in [0.3, 0.4) is 0 Å². The van der Waals surface area contributed by atoms with Crippen LogP contribution in [0.15, 0.2) is 36.7 Å². The molecule has 2 heterocycles. The van der Waals surface area contributed by atoms with Gasteiger partial charge in [0, 0.05) is 32.4 Å². The molecule has 3 rings (SSSR count). The molecule has 0 saturated carbocycles. The normalized spacial score (nSPS) is 20.2. The SMILES string of the molecule is Cc1cnn(CCNC[C@]2(O)CCCN(Cc3ccc(C(C)C)cc3)C2=O)c1. The molecular formula is C22H32N4O2. The average Bonchev–Trinajstić information content (AvgIpc) is 3.08. The Morgan fingerprint density at radius 1 is 1.29 bits per heavy atom. The lowest BCUT2D eigenvalue weighted by Gasteiger charge is -2.38. The summed E-state index contributed by atoms with van der Waals surface area (Å²) in [6.45, 7) is 9.23. The van der Waals surface area contributed by atoms with Gasteiger partial charge in [0.05, 0.1) is 12.7 Å². The van der Waals surface area contributed by atoms with Crippen molar-refractivity contribution in [2.45, 2.75) is 58.2 Å². The summed E-state index contributed by atoms with van der Waals surface area (Å²) in [6.07, 6.45) is 5.12. The number of nitrogens with one attached hydrogen (secondary N) is 1. The smallest absolute Gasteiger partial charge is 0.256 e. The number of aromatic nitrogens is 2. The van der Waals surface area contributed by atoms with Crippen LogP contribution in [-0.2, 0) is 17.9 Å². The minimum atomic E-state index is -1.32. The van der Waals surface area contributed by atoms with Gasteiger partial charge in [-0.2, -0.15) is 5.10 Å². The maximum absolute atomic E-state index is 12.9. The van der Waals surface area contributed by atoms with Gasteiger partial charge in [-0.25, -0.2) is 0 Å². The lowest BCUT2D eigenvalue weighted by Crippen LogP contribution is -2.57. The molecule has 0 radical (unpaired) electrons. The third-order valence-electron chi connectivity index (χ3n) is 5.42. The molecule has 1 aromatic carbocycles. The maximum atomic E-state index is 12.9. The summed E-state index contributed by atoms with van der Waals surface area (Å²) in [5.74, 6) is 0.321. The zero-order valence-electron chi connectivity index (χ0n) is 17.2. The van der Waals surface area contributed by atoms with Crippen LogP contribution >= 0.6 is 0 Å². The van der Waals surface area contributed by atoms with Crippen LogP contribution in [0, 0.1) is 6.92 Å². The number of aryl methyl sites for hydroxylation is 1. The Balaban J connectivity index is 1.53. The lowest BCUT2D eigenvalue weighted by atomic mass is 9.91. The van der Waals surface area contributed by atoms with E-state index in [9.17, 15) is 9.90 Å². The maximum Gasteiger partial charge on any atom is 0.256 e. The number of hydrogen-bond donors (Lipinski definition) is 2.